The van der Waals surface area contributed by atoms with Crippen molar-refractivity contribution in [2.24, 2.45) is 0 Å². The average molecular weight is 349 g/mol. The van der Waals surface area contributed by atoms with Crippen LogP contribution in [-0.4, -0.2) is 23.0 Å². The van der Waals surface area contributed by atoms with Crippen LogP contribution in [0, 0.1) is 6.92 Å². The van der Waals surface area contributed by atoms with E-state index in [-0.39, 0.29) is 11.7 Å². The van der Waals surface area contributed by atoms with Gasteiger partial charge in [-0.2, -0.15) is 0 Å². The lowest BCUT2D eigenvalue weighted by molar-refractivity contribution is 0.0783. The number of amides is 1. The molecule has 1 amide bonds. The Labute approximate surface area is 132 Å². The fourth-order valence-corrected chi connectivity index (χ4v) is 2.58. The molecule has 0 saturated carbocycles. The molecule has 0 saturated heterocycles. The molecule has 2 aromatic rings. The van der Waals surface area contributed by atoms with Crippen LogP contribution >= 0.6 is 15.9 Å². The number of nitrogens with zero attached hydrogens (tertiary/aromatic N) is 1. The van der Waals surface area contributed by atoms with E-state index in [0.717, 1.165) is 10.0 Å². The van der Waals surface area contributed by atoms with Gasteiger partial charge in [0.15, 0.2) is 0 Å². The lowest BCUT2D eigenvalue weighted by atomic mass is 10.1. The lowest BCUT2D eigenvalue weighted by Crippen LogP contribution is -2.27. The second-order valence-electron chi connectivity index (χ2n) is 4.96. The minimum Gasteiger partial charge on any atom is -0.508 e. The highest BCUT2D eigenvalue weighted by Crippen LogP contribution is 2.25. The summed E-state index contributed by atoms with van der Waals surface area (Å²) in [5.41, 5.74) is 8.48. The molecule has 0 atom stereocenters. The Morgan fingerprint density at radius 1 is 1.33 bits per heavy atom. The number of rotatable bonds is 3. The van der Waals surface area contributed by atoms with Gasteiger partial charge in [-0.3, -0.25) is 4.79 Å². The number of para-hydroxylation sites is 1. The number of carbonyl (C=O) groups excluding carboxylic acids is 1. The Morgan fingerprint density at radius 3 is 2.67 bits per heavy atom. The van der Waals surface area contributed by atoms with Crippen LogP contribution in [0.5, 0.6) is 5.75 Å². The summed E-state index contributed by atoms with van der Waals surface area (Å²) in [5, 5.41) is 9.79. The second kappa shape index (κ2) is 6.18. The number of phenols is 1. The Morgan fingerprint density at radius 2 is 2.00 bits per heavy atom. The summed E-state index contributed by atoms with van der Waals surface area (Å²) in [6.07, 6.45) is 0. The predicted octanol–water partition coefficient (Wildman–Crippen LogP) is 3.32. The summed E-state index contributed by atoms with van der Waals surface area (Å²) >= 11 is 3.35. The quantitative estimate of drug-likeness (QED) is 0.836. The predicted molar refractivity (Wildman–Crippen MR) is 87.2 cm³/mol. The van der Waals surface area contributed by atoms with Crippen LogP contribution in [0.15, 0.2) is 40.9 Å². The van der Waals surface area contributed by atoms with Gasteiger partial charge in [0.2, 0.25) is 0 Å². The van der Waals surface area contributed by atoms with Crippen molar-refractivity contribution < 1.29 is 9.90 Å². The molecule has 0 unspecified atom stereocenters. The Kier molecular flexibility index (Phi) is 4.53. The van der Waals surface area contributed by atoms with Crippen molar-refractivity contribution in [1.82, 2.24) is 4.90 Å². The molecular weight excluding hydrogens is 332 g/mol. The van der Waals surface area contributed by atoms with E-state index in [0.29, 0.717) is 23.4 Å². The van der Waals surface area contributed by atoms with Gasteiger partial charge in [-0.25, -0.2) is 0 Å². The highest BCUT2D eigenvalue weighted by molar-refractivity contribution is 9.10. The topological polar surface area (TPSA) is 66.6 Å². The first-order valence-corrected chi connectivity index (χ1v) is 7.27. The molecule has 5 heteroatoms. The summed E-state index contributed by atoms with van der Waals surface area (Å²) in [6.45, 7) is 2.15. The van der Waals surface area contributed by atoms with E-state index in [9.17, 15) is 9.90 Å². The van der Waals surface area contributed by atoms with Crippen LogP contribution in [-0.2, 0) is 6.54 Å². The van der Waals surface area contributed by atoms with Gasteiger partial charge in [-0.15, -0.1) is 0 Å². The van der Waals surface area contributed by atoms with Crippen LogP contribution in [0.2, 0.25) is 0 Å². The first-order chi connectivity index (χ1) is 9.90. The van der Waals surface area contributed by atoms with Gasteiger partial charge in [0.05, 0.1) is 0 Å². The molecular formula is C16H17BrN2O2. The van der Waals surface area contributed by atoms with Crippen molar-refractivity contribution in [2.45, 2.75) is 13.5 Å². The molecule has 0 spiro atoms. The van der Waals surface area contributed by atoms with E-state index < -0.39 is 0 Å². The number of carbonyl (C=O) groups is 1. The van der Waals surface area contributed by atoms with Crippen molar-refractivity contribution in [2.75, 3.05) is 12.8 Å². The maximum atomic E-state index is 12.6. The Balaban J connectivity index is 2.26. The van der Waals surface area contributed by atoms with E-state index in [4.69, 9.17) is 5.73 Å². The molecule has 0 aliphatic heterocycles. The van der Waals surface area contributed by atoms with Crippen molar-refractivity contribution >= 4 is 27.5 Å². The van der Waals surface area contributed by atoms with Gasteiger partial charge < -0.3 is 15.7 Å². The largest absolute Gasteiger partial charge is 0.508 e. The van der Waals surface area contributed by atoms with Crippen molar-refractivity contribution in [3.63, 3.8) is 0 Å². The number of hydrogen-bond donors (Lipinski definition) is 2. The maximum absolute atomic E-state index is 12.6. The Hall–Kier alpha value is -2.01. The number of anilines is 1. The molecule has 0 aliphatic rings. The van der Waals surface area contributed by atoms with E-state index in [1.807, 2.05) is 13.0 Å². The summed E-state index contributed by atoms with van der Waals surface area (Å²) in [5.74, 6) is 0.0476. The van der Waals surface area contributed by atoms with Crippen LogP contribution in [0.1, 0.15) is 21.5 Å². The zero-order chi connectivity index (χ0) is 15.6. The average Bonchev–Trinajstić information content (AvgIpc) is 2.44. The number of benzene rings is 2. The molecule has 21 heavy (non-hydrogen) atoms. The molecule has 0 aliphatic carbocycles. The Bertz CT molecular complexity index is 686. The first kappa shape index (κ1) is 15.4. The maximum Gasteiger partial charge on any atom is 0.254 e. The fourth-order valence-electron chi connectivity index (χ4n) is 2.10. The van der Waals surface area contributed by atoms with Gasteiger partial charge in [-0.1, -0.05) is 34.1 Å². The van der Waals surface area contributed by atoms with Crippen LogP contribution in [0.25, 0.3) is 0 Å². The summed E-state index contributed by atoms with van der Waals surface area (Å²) in [4.78, 5) is 14.1. The van der Waals surface area contributed by atoms with Crippen LogP contribution in [0.4, 0.5) is 5.69 Å². The summed E-state index contributed by atoms with van der Waals surface area (Å²) in [6, 6.07) is 10.5. The van der Waals surface area contributed by atoms with Crippen molar-refractivity contribution in [3.8, 4) is 5.75 Å². The third kappa shape index (κ3) is 3.36. The SMILES string of the molecule is Cc1c(N)cc(Br)cc1C(=O)N(C)Cc1ccccc1O. The van der Waals surface area contributed by atoms with E-state index in [1.165, 1.54) is 0 Å². The fraction of sp³-hybridized carbons (Fsp3) is 0.188. The van der Waals surface area contributed by atoms with Gasteiger partial charge in [0, 0.05) is 34.9 Å². The number of nitrogens with two attached hydrogens (primary N) is 1. The van der Waals surface area contributed by atoms with E-state index in [2.05, 4.69) is 15.9 Å². The third-order valence-corrected chi connectivity index (χ3v) is 3.85. The number of hydrogen-bond acceptors (Lipinski definition) is 3. The number of phenolic OH excluding ortho intramolecular Hbond substituents is 1. The standard InChI is InChI=1S/C16H17BrN2O2/c1-10-13(7-12(17)8-14(10)18)16(21)19(2)9-11-5-3-4-6-15(11)20/h3-8,20H,9,18H2,1-2H3. The van der Waals surface area contributed by atoms with Crippen LogP contribution < -0.4 is 5.73 Å². The summed E-state index contributed by atoms with van der Waals surface area (Å²) < 4.78 is 0.768. The molecule has 0 radical (unpaired) electrons. The molecule has 0 heterocycles. The molecule has 0 aromatic heterocycles. The molecule has 4 nitrogen and oxygen atoms in total. The normalized spacial score (nSPS) is 10.4. The van der Waals surface area contributed by atoms with Crippen LogP contribution in [0.3, 0.4) is 0 Å². The van der Waals surface area contributed by atoms with Gasteiger partial charge in [0.1, 0.15) is 5.75 Å². The molecule has 2 rings (SSSR count). The lowest BCUT2D eigenvalue weighted by Gasteiger charge is -2.20. The zero-order valence-corrected chi connectivity index (χ0v) is 13.5. The monoisotopic (exact) mass is 348 g/mol. The molecule has 110 valence electrons. The molecule has 0 bridgehead atoms. The minimum absolute atomic E-state index is 0.135. The molecule has 3 N–H and O–H groups in total. The summed E-state index contributed by atoms with van der Waals surface area (Å²) in [7, 11) is 1.70. The van der Waals surface area contributed by atoms with Crippen molar-refractivity contribution in [3.05, 3.63) is 57.6 Å². The van der Waals surface area contributed by atoms with E-state index in [1.54, 1.807) is 42.3 Å². The highest BCUT2D eigenvalue weighted by Gasteiger charge is 2.17. The van der Waals surface area contributed by atoms with Gasteiger partial charge >= 0.3 is 0 Å². The van der Waals surface area contributed by atoms with Crippen molar-refractivity contribution in [1.29, 1.82) is 0 Å². The second-order valence-corrected chi connectivity index (χ2v) is 5.87. The molecule has 0 fully saturated rings. The minimum atomic E-state index is -0.135. The van der Waals surface area contributed by atoms with Gasteiger partial charge in [-0.05, 0) is 30.7 Å². The number of nitrogen functional groups attached to an aromatic ring is 1. The number of halogens is 1. The number of aromatic hydroxyl groups is 1. The first-order valence-electron chi connectivity index (χ1n) is 6.48. The third-order valence-electron chi connectivity index (χ3n) is 3.39. The van der Waals surface area contributed by atoms with Gasteiger partial charge in [0.25, 0.3) is 5.91 Å². The smallest absolute Gasteiger partial charge is 0.254 e. The zero-order valence-electron chi connectivity index (χ0n) is 11.9. The van der Waals surface area contributed by atoms with E-state index >= 15 is 0 Å². The highest BCUT2D eigenvalue weighted by atomic mass is 79.9. The molecule has 2 aromatic carbocycles.